The predicted octanol–water partition coefficient (Wildman–Crippen LogP) is 3.01. The number of aromatic amines is 1. The summed E-state index contributed by atoms with van der Waals surface area (Å²) in [6.07, 6.45) is 0. The van der Waals surface area contributed by atoms with E-state index in [-0.39, 0.29) is 0 Å². The van der Waals surface area contributed by atoms with Crippen LogP contribution in [0.2, 0.25) is 0 Å². The van der Waals surface area contributed by atoms with E-state index in [1.165, 1.54) is 17.3 Å². The molecular weight excluding hydrogens is 272 g/mol. The van der Waals surface area contributed by atoms with Crippen LogP contribution < -0.4 is 10.5 Å². The number of H-pyrrole nitrogens is 1. The number of nitrogens with one attached hydrogen (secondary N) is 1. The van der Waals surface area contributed by atoms with Gasteiger partial charge in [-0.2, -0.15) is 0 Å². The van der Waals surface area contributed by atoms with Crippen molar-refractivity contribution in [2.45, 2.75) is 17.1 Å². The van der Waals surface area contributed by atoms with E-state index >= 15 is 0 Å². The Labute approximate surface area is 120 Å². The Morgan fingerprint density at radius 2 is 2.05 bits per heavy atom. The molecule has 5 nitrogen and oxygen atoms in total. The number of benzene rings is 1. The summed E-state index contributed by atoms with van der Waals surface area (Å²) in [5, 5.41) is 1.58. The maximum Gasteiger partial charge on any atom is 0.237 e. The molecule has 0 amide bonds. The summed E-state index contributed by atoms with van der Waals surface area (Å²) >= 11 is 1.44. The zero-order chi connectivity index (χ0) is 14.1. The molecule has 20 heavy (non-hydrogen) atoms. The number of ether oxygens (including phenoxy) is 1. The first-order valence-corrected chi connectivity index (χ1v) is 6.92. The minimum atomic E-state index is 0.432. The van der Waals surface area contributed by atoms with Crippen molar-refractivity contribution in [2.24, 2.45) is 0 Å². The van der Waals surface area contributed by atoms with Gasteiger partial charge >= 0.3 is 0 Å². The van der Waals surface area contributed by atoms with Crippen molar-refractivity contribution in [3.05, 3.63) is 35.9 Å². The standard InChI is InChI=1S/C14H14N4OS/c1-8-3-5-10-11(7-8)17-14(16-10)20-12-6-4-9(15)13(18-12)19-2/h3-7H,15H2,1-2H3,(H,16,17). The number of hydrogen-bond donors (Lipinski definition) is 2. The van der Waals surface area contributed by atoms with Crippen LogP contribution in [0, 0.1) is 6.92 Å². The van der Waals surface area contributed by atoms with E-state index in [1.807, 2.05) is 18.2 Å². The van der Waals surface area contributed by atoms with E-state index < -0.39 is 0 Å². The van der Waals surface area contributed by atoms with Crippen LogP contribution in [0.3, 0.4) is 0 Å². The van der Waals surface area contributed by atoms with Gasteiger partial charge in [0.25, 0.3) is 0 Å². The summed E-state index contributed by atoms with van der Waals surface area (Å²) in [5.74, 6) is 0.432. The highest BCUT2D eigenvalue weighted by atomic mass is 32.2. The fourth-order valence-electron chi connectivity index (χ4n) is 1.90. The molecule has 0 unspecified atom stereocenters. The minimum Gasteiger partial charge on any atom is -0.480 e. The van der Waals surface area contributed by atoms with Crippen molar-refractivity contribution in [3.8, 4) is 5.88 Å². The largest absolute Gasteiger partial charge is 0.480 e. The molecule has 3 N–H and O–H groups in total. The lowest BCUT2D eigenvalue weighted by atomic mass is 10.2. The van der Waals surface area contributed by atoms with Crippen molar-refractivity contribution in [1.82, 2.24) is 15.0 Å². The number of methoxy groups -OCH3 is 1. The summed E-state index contributed by atoms with van der Waals surface area (Å²) in [7, 11) is 1.55. The topological polar surface area (TPSA) is 76.8 Å². The number of nitrogens with two attached hydrogens (primary N) is 1. The van der Waals surface area contributed by atoms with Gasteiger partial charge in [-0.05, 0) is 48.5 Å². The zero-order valence-electron chi connectivity index (χ0n) is 11.2. The molecule has 0 atom stereocenters. The number of nitrogens with zero attached hydrogens (tertiary/aromatic N) is 2. The quantitative estimate of drug-likeness (QED) is 0.774. The van der Waals surface area contributed by atoms with Gasteiger partial charge in [-0.1, -0.05) is 6.07 Å². The molecule has 0 aliphatic rings. The smallest absolute Gasteiger partial charge is 0.237 e. The second-order valence-electron chi connectivity index (χ2n) is 4.41. The molecule has 3 aromatic rings. The lowest BCUT2D eigenvalue weighted by Crippen LogP contribution is -1.95. The molecule has 0 radical (unpaired) electrons. The first-order valence-electron chi connectivity index (χ1n) is 6.10. The number of hydrogen-bond acceptors (Lipinski definition) is 5. The molecule has 0 bridgehead atoms. The van der Waals surface area contributed by atoms with Gasteiger partial charge in [0, 0.05) is 0 Å². The van der Waals surface area contributed by atoms with Gasteiger partial charge < -0.3 is 15.5 Å². The van der Waals surface area contributed by atoms with Gasteiger partial charge in [0.05, 0.1) is 23.8 Å². The van der Waals surface area contributed by atoms with Crippen LogP contribution in [-0.4, -0.2) is 22.1 Å². The van der Waals surface area contributed by atoms with Crippen LogP contribution in [0.4, 0.5) is 5.69 Å². The molecule has 102 valence electrons. The highest BCUT2D eigenvalue weighted by Crippen LogP contribution is 2.29. The Hall–Kier alpha value is -2.21. The van der Waals surface area contributed by atoms with Gasteiger partial charge in [-0.3, -0.25) is 0 Å². The molecule has 6 heteroatoms. The highest BCUT2D eigenvalue weighted by Gasteiger charge is 2.08. The first kappa shape index (κ1) is 12.8. The lowest BCUT2D eigenvalue weighted by molar-refractivity contribution is 0.397. The Balaban J connectivity index is 1.92. The Morgan fingerprint density at radius 1 is 1.20 bits per heavy atom. The van der Waals surface area contributed by atoms with E-state index in [9.17, 15) is 0 Å². The molecule has 0 saturated carbocycles. The third-order valence-electron chi connectivity index (χ3n) is 2.87. The molecule has 0 aliphatic carbocycles. The highest BCUT2D eigenvalue weighted by molar-refractivity contribution is 7.99. The van der Waals surface area contributed by atoms with E-state index in [0.29, 0.717) is 11.6 Å². The molecule has 0 saturated heterocycles. The Bertz CT molecular complexity index is 769. The second kappa shape index (κ2) is 5.05. The molecular formula is C14H14N4OS. The number of pyridine rings is 1. The first-order chi connectivity index (χ1) is 9.65. The summed E-state index contributed by atoms with van der Waals surface area (Å²) in [4.78, 5) is 12.1. The number of aromatic nitrogens is 3. The molecule has 3 rings (SSSR count). The van der Waals surface area contributed by atoms with Crippen molar-refractivity contribution in [1.29, 1.82) is 0 Å². The van der Waals surface area contributed by atoms with Crippen LogP contribution >= 0.6 is 11.8 Å². The number of aryl methyl sites for hydroxylation is 1. The van der Waals surface area contributed by atoms with Gasteiger partial charge in [-0.25, -0.2) is 9.97 Å². The number of imidazole rings is 1. The van der Waals surface area contributed by atoms with Crippen LogP contribution in [0.25, 0.3) is 11.0 Å². The summed E-state index contributed by atoms with van der Waals surface area (Å²) in [6, 6.07) is 9.75. The fourth-order valence-corrected chi connectivity index (χ4v) is 2.67. The maximum atomic E-state index is 5.75. The zero-order valence-corrected chi connectivity index (χ0v) is 12.0. The van der Waals surface area contributed by atoms with Gasteiger partial charge in [0.1, 0.15) is 5.03 Å². The number of rotatable bonds is 3. The van der Waals surface area contributed by atoms with Crippen LogP contribution in [0.15, 0.2) is 40.5 Å². The van der Waals surface area contributed by atoms with Crippen molar-refractivity contribution >= 4 is 28.5 Å². The van der Waals surface area contributed by atoms with E-state index in [4.69, 9.17) is 10.5 Å². The normalized spacial score (nSPS) is 10.9. The van der Waals surface area contributed by atoms with Crippen molar-refractivity contribution in [3.63, 3.8) is 0 Å². The summed E-state index contributed by atoms with van der Waals surface area (Å²) in [5.41, 5.74) is 9.44. The minimum absolute atomic E-state index is 0.432. The van der Waals surface area contributed by atoms with Crippen LogP contribution in [0.5, 0.6) is 5.88 Å². The van der Waals surface area contributed by atoms with E-state index in [2.05, 4.69) is 27.9 Å². The molecule has 0 fully saturated rings. The number of anilines is 1. The molecule has 0 spiro atoms. The maximum absolute atomic E-state index is 5.75. The van der Waals surface area contributed by atoms with Gasteiger partial charge in [0.2, 0.25) is 5.88 Å². The van der Waals surface area contributed by atoms with Crippen LogP contribution in [-0.2, 0) is 0 Å². The SMILES string of the molecule is COc1nc(Sc2nc3ccc(C)cc3[nH]2)ccc1N. The number of nitrogen functional groups attached to an aromatic ring is 1. The van der Waals surface area contributed by atoms with Gasteiger partial charge in [-0.15, -0.1) is 0 Å². The predicted molar refractivity (Wildman–Crippen MR) is 80.2 cm³/mol. The molecule has 2 aromatic heterocycles. The molecule has 0 aliphatic heterocycles. The number of fused-ring (bicyclic) bond motifs is 1. The third-order valence-corrected chi connectivity index (χ3v) is 3.70. The third kappa shape index (κ3) is 2.42. The Kier molecular flexibility index (Phi) is 3.23. The molecule has 1 aromatic carbocycles. The summed E-state index contributed by atoms with van der Waals surface area (Å²) in [6.45, 7) is 2.06. The summed E-state index contributed by atoms with van der Waals surface area (Å²) < 4.78 is 5.12. The lowest BCUT2D eigenvalue weighted by Gasteiger charge is -2.04. The van der Waals surface area contributed by atoms with Gasteiger partial charge in [0.15, 0.2) is 5.16 Å². The van der Waals surface area contributed by atoms with Crippen LogP contribution in [0.1, 0.15) is 5.56 Å². The van der Waals surface area contributed by atoms with Crippen molar-refractivity contribution in [2.75, 3.05) is 12.8 Å². The average Bonchev–Trinajstić information content (AvgIpc) is 2.82. The fraction of sp³-hybridized carbons (Fsp3) is 0.143. The second-order valence-corrected chi connectivity index (χ2v) is 5.42. The monoisotopic (exact) mass is 286 g/mol. The molecule has 2 heterocycles. The van der Waals surface area contributed by atoms with Crippen molar-refractivity contribution < 1.29 is 4.74 Å². The van der Waals surface area contributed by atoms with E-state index in [1.54, 1.807) is 13.2 Å². The Morgan fingerprint density at radius 3 is 2.85 bits per heavy atom. The van der Waals surface area contributed by atoms with E-state index in [0.717, 1.165) is 21.2 Å². The average molecular weight is 286 g/mol.